The normalized spacial score (nSPS) is 17.6. The Morgan fingerprint density at radius 3 is 3.05 bits per heavy atom. The molecule has 3 rings (SSSR count). The fourth-order valence-corrected chi connectivity index (χ4v) is 4.41. The third-order valence-corrected chi connectivity index (χ3v) is 5.55. The molecule has 1 aliphatic heterocycles. The average molecular weight is 338 g/mol. The molecule has 0 saturated heterocycles. The van der Waals surface area contributed by atoms with Crippen molar-refractivity contribution in [3.8, 4) is 0 Å². The number of carbonyl (C=O) groups is 1. The zero-order valence-electron chi connectivity index (χ0n) is 12.3. The van der Waals surface area contributed by atoms with Crippen LogP contribution in [0.3, 0.4) is 0 Å². The monoisotopic (exact) mass is 338 g/mol. The van der Waals surface area contributed by atoms with E-state index >= 15 is 0 Å². The molecule has 1 aliphatic rings. The van der Waals surface area contributed by atoms with Crippen LogP contribution in [0, 0.1) is 0 Å². The maximum absolute atomic E-state index is 10.9. The minimum atomic E-state index is -0.395. The van der Waals surface area contributed by atoms with Crippen LogP contribution in [0.15, 0.2) is 5.16 Å². The van der Waals surface area contributed by atoms with Gasteiger partial charge in [0, 0.05) is 11.3 Å². The Morgan fingerprint density at radius 1 is 1.50 bits per heavy atom. The molecule has 1 atom stereocenters. The molecule has 8 heteroatoms. The molecule has 3 heterocycles. The van der Waals surface area contributed by atoms with E-state index in [4.69, 9.17) is 16.2 Å². The van der Waals surface area contributed by atoms with Gasteiger partial charge >= 0.3 is 0 Å². The zero-order valence-corrected chi connectivity index (χ0v) is 13.9. The summed E-state index contributed by atoms with van der Waals surface area (Å²) in [5, 5.41) is 1.45. The number of hydrogen-bond donors (Lipinski definition) is 2. The number of thioether (sulfide) groups is 1. The Balaban J connectivity index is 1.95. The number of hydrogen-bond acceptors (Lipinski definition) is 7. The maximum atomic E-state index is 10.9. The summed E-state index contributed by atoms with van der Waals surface area (Å²) in [4.78, 5) is 21.7. The highest BCUT2D eigenvalue weighted by Gasteiger charge is 2.25. The van der Waals surface area contributed by atoms with Gasteiger partial charge in [-0.2, -0.15) is 0 Å². The molecular formula is C14H18N4O2S2. The summed E-state index contributed by atoms with van der Waals surface area (Å²) in [6.45, 7) is 2.77. The Bertz CT molecular complexity index is 716. The van der Waals surface area contributed by atoms with Gasteiger partial charge in [0.25, 0.3) is 0 Å². The number of ether oxygens (including phenoxy) is 1. The number of thiophene rings is 1. The number of fused-ring (bicyclic) bond motifs is 3. The molecule has 0 radical (unpaired) electrons. The lowest BCUT2D eigenvalue weighted by atomic mass is 10.0. The molecule has 0 aliphatic carbocycles. The molecule has 1 unspecified atom stereocenters. The number of nitrogens with two attached hydrogens (primary N) is 2. The van der Waals surface area contributed by atoms with Gasteiger partial charge in [0.1, 0.15) is 10.6 Å². The molecule has 22 heavy (non-hydrogen) atoms. The number of rotatable bonds is 5. The molecule has 1 amide bonds. The van der Waals surface area contributed by atoms with Crippen LogP contribution in [0.25, 0.3) is 10.2 Å². The van der Waals surface area contributed by atoms with E-state index in [-0.39, 0.29) is 11.9 Å². The van der Waals surface area contributed by atoms with Gasteiger partial charge in [-0.3, -0.25) is 4.79 Å². The van der Waals surface area contributed by atoms with Crippen molar-refractivity contribution < 1.29 is 9.53 Å². The Morgan fingerprint density at radius 2 is 2.32 bits per heavy atom. The summed E-state index contributed by atoms with van der Waals surface area (Å²) in [7, 11) is 0. The Labute approximate surface area is 136 Å². The van der Waals surface area contributed by atoms with Crippen LogP contribution < -0.4 is 11.5 Å². The summed E-state index contributed by atoms with van der Waals surface area (Å²) in [5.41, 5.74) is 12.5. The van der Waals surface area contributed by atoms with E-state index in [1.807, 2.05) is 0 Å². The number of nitrogens with zero attached hydrogens (tertiary/aromatic N) is 2. The fraction of sp³-hybridized carbons (Fsp3) is 0.500. The van der Waals surface area contributed by atoms with Gasteiger partial charge in [0.05, 0.1) is 23.8 Å². The first kappa shape index (κ1) is 15.5. The van der Waals surface area contributed by atoms with Gasteiger partial charge in [-0.25, -0.2) is 9.97 Å². The van der Waals surface area contributed by atoms with E-state index in [1.165, 1.54) is 22.2 Å². The summed E-state index contributed by atoms with van der Waals surface area (Å²) < 4.78 is 5.88. The van der Waals surface area contributed by atoms with E-state index in [0.717, 1.165) is 29.5 Å². The van der Waals surface area contributed by atoms with E-state index in [2.05, 4.69) is 16.9 Å². The Kier molecular flexibility index (Phi) is 4.51. The topological polar surface area (TPSA) is 104 Å². The van der Waals surface area contributed by atoms with Crippen LogP contribution >= 0.6 is 23.1 Å². The second kappa shape index (κ2) is 6.39. The molecule has 0 bridgehead atoms. The summed E-state index contributed by atoms with van der Waals surface area (Å²) >= 11 is 2.81. The van der Waals surface area contributed by atoms with Crippen LogP contribution in [-0.4, -0.2) is 27.7 Å². The quantitative estimate of drug-likeness (QED) is 0.639. The van der Waals surface area contributed by atoms with Gasteiger partial charge in [-0.15, -0.1) is 11.3 Å². The third kappa shape index (κ3) is 3.04. The van der Waals surface area contributed by atoms with E-state index < -0.39 is 5.91 Å². The van der Waals surface area contributed by atoms with Crippen molar-refractivity contribution in [2.45, 2.75) is 44.1 Å². The van der Waals surface area contributed by atoms with Crippen molar-refractivity contribution in [3.05, 3.63) is 10.4 Å². The van der Waals surface area contributed by atoms with Crippen molar-refractivity contribution in [2.24, 2.45) is 5.73 Å². The number of carbonyl (C=O) groups excluding carboxylic acids is 1. The minimum Gasteiger partial charge on any atom is -0.383 e. The first-order valence-electron chi connectivity index (χ1n) is 7.19. The lowest BCUT2D eigenvalue weighted by Gasteiger charge is -2.22. The highest BCUT2D eigenvalue weighted by Crippen LogP contribution is 2.38. The smallest absolute Gasteiger partial charge is 0.227 e. The zero-order chi connectivity index (χ0) is 15.7. The molecular weight excluding hydrogens is 320 g/mol. The van der Waals surface area contributed by atoms with Gasteiger partial charge in [0.15, 0.2) is 5.16 Å². The van der Waals surface area contributed by atoms with E-state index in [1.54, 1.807) is 11.3 Å². The lowest BCUT2D eigenvalue weighted by molar-refractivity contribution is -0.115. The van der Waals surface area contributed by atoms with E-state index in [0.29, 0.717) is 17.6 Å². The van der Waals surface area contributed by atoms with Gasteiger partial charge in [-0.1, -0.05) is 25.1 Å². The maximum Gasteiger partial charge on any atom is 0.227 e. The third-order valence-electron chi connectivity index (χ3n) is 3.58. The van der Waals surface area contributed by atoms with Crippen molar-refractivity contribution in [3.63, 3.8) is 0 Å². The number of primary amides is 1. The minimum absolute atomic E-state index is 0.151. The van der Waals surface area contributed by atoms with Crippen LogP contribution in [0.2, 0.25) is 0 Å². The second-order valence-electron chi connectivity index (χ2n) is 5.26. The van der Waals surface area contributed by atoms with Gasteiger partial charge < -0.3 is 16.2 Å². The van der Waals surface area contributed by atoms with E-state index in [9.17, 15) is 4.79 Å². The van der Waals surface area contributed by atoms with Crippen LogP contribution in [0.5, 0.6) is 0 Å². The molecule has 2 aromatic rings. The highest BCUT2D eigenvalue weighted by atomic mass is 32.2. The van der Waals surface area contributed by atoms with Crippen LogP contribution in [0.1, 0.15) is 30.2 Å². The first-order chi connectivity index (χ1) is 10.6. The molecule has 2 aromatic heterocycles. The van der Waals surface area contributed by atoms with Gasteiger partial charge in [-0.05, 0) is 12.0 Å². The molecule has 118 valence electrons. The van der Waals surface area contributed by atoms with Crippen LogP contribution in [0.4, 0.5) is 5.82 Å². The molecule has 0 fully saturated rings. The highest BCUT2D eigenvalue weighted by molar-refractivity contribution is 7.99. The number of nitrogen functional groups attached to an aromatic ring is 1. The first-order valence-corrected chi connectivity index (χ1v) is 8.99. The number of aromatic nitrogens is 2. The van der Waals surface area contributed by atoms with Crippen molar-refractivity contribution in [1.82, 2.24) is 9.97 Å². The van der Waals surface area contributed by atoms with Crippen molar-refractivity contribution in [2.75, 3.05) is 11.5 Å². The summed E-state index contributed by atoms with van der Waals surface area (Å²) in [5.74, 6) is 0.234. The standard InChI is InChI=1S/C14H18N4O2S2/c1-2-3-7-4-8-9(5-20-7)22-13-11(8)12(16)17-14(18-13)21-6-10(15)19/h7H,2-6H2,1H3,(H2,15,19)(H2,16,17,18). The Hall–Kier alpha value is -1.38. The number of anilines is 1. The van der Waals surface area contributed by atoms with Crippen LogP contribution in [-0.2, 0) is 22.6 Å². The SMILES string of the molecule is CCCC1Cc2c(sc3nc(SCC(N)=O)nc(N)c23)CO1. The fourth-order valence-electron chi connectivity index (χ4n) is 2.63. The molecule has 0 spiro atoms. The molecule has 4 N–H and O–H groups in total. The summed E-state index contributed by atoms with van der Waals surface area (Å²) in [6, 6.07) is 0. The van der Waals surface area contributed by atoms with Gasteiger partial charge in [0.2, 0.25) is 5.91 Å². The molecule has 6 nitrogen and oxygen atoms in total. The summed E-state index contributed by atoms with van der Waals surface area (Å²) in [6.07, 6.45) is 3.26. The molecule has 0 saturated carbocycles. The largest absolute Gasteiger partial charge is 0.383 e. The second-order valence-corrected chi connectivity index (χ2v) is 7.28. The predicted octanol–water partition coefficient (Wildman–Crippen LogP) is 2.09. The number of amides is 1. The van der Waals surface area contributed by atoms with Crippen molar-refractivity contribution >= 4 is 45.0 Å². The average Bonchev–Trinajstić information content (AvgIpc) is 2.83. The molecule has 0 aromatic carbocycles. The predicted molar refractivity (Wildman–Crippen MR) is 88.9 cm³/mol. The lowest BCUT2D eigenvalue weighted by Crippen LogP contribution is -2.21. The van der Waals surface area contributed by atoms with Crippen molar-refractivity contribution in [1.29, 1.82) is 0 Å².